The lowest BCUT2D eigenvalue weighted by Crippen LogP contribution is -2.54. The topological polar surface area (TPSA) is 81.2 Å². The maximum absolute atomic E-state index is 12.6. The standard InChI is InChI=1S/C19H25N3O2S/c1-11-15(21-19(24-11)16-6-3-7-25-16)10-17(23)22-18-12-4-2-5-13(18)9-14(20)8-12/h3,6-7,12-14,18H,2,4-5,8-10,20H2,1H3,(H,22,23). The molecule has 2 aromatic heterocycles. The van der Waals surface area contributed by atoms with E-state index in [0.717, 1.165) is 29.2 Å². The molecule has 5 nitrogen and oxygen atoms in total. The lowest BCUT2D eigenvalue weighted by molar-refractivity contribution is -0.122. The van der Waals surface area contributed by atoms with E-state index >= 15 is 0 Å². The summed E-state index contributed by atoms with van der Waals surface area (Å²) in [5.41, 5.74) is 6.91. The largest absolute Gasteiger partial charge is 0.440 e. The number of fused-ring (bicyclic) bond motifs is 2. The van der Waals surface area contributed by atoms with Gasteiger partial charge >= 0.3 is 0 Å². The first kappa shape index (κ1) is 16.8. The zero-order chi connectivity index (χ0) is 17.4. The smallest absolute Gasteiger partial charge is 0.236 e. The Morgan fingerprint density at radius 2 is 2.16 bits per heavy atom. The van der Waals surface area contributed by atoms with Gasteiger partial charge in [-0.15, -0.1) is 11.3 Å². The fourth-order valence-corrected chi connectivity index (χ4v) is 5.16. The quantitative estimate of drug-likeness (QED) is 0.878. The van der Waals surface area contributed by atoms with E-state index in [-0.39, 0.29) is 18.4 Å². The Hall–Kier alpha value is -1.66. The molecule has 4 rings (SSSR count). The van der Waals surface area contributed by atoms with Gasteiger partial charge in [0.1, 0.15) is 5.76 Å². The van der Waals surface area contributed by atoms with E-state index < -0.39 is 0 Å². The van der Waals surface area contributed by atoms with Gasteiger partial charge in [-0.05, 0) is 55.9 Å². The van der Waals surface area contributed by atoms with Crippen molar-refractivity contribution >= 4 is 17.2 Å². The summed E-state index contributed by atoms with van der Waals surface area (Å²) in [5.74, 6) is 2.45. The van der Waals surface area contributed by atoms with Crippen LogP contribution in [0.3, 0.4) is 0 Å². The summed E-state index contributed by atoms with van der Waals surface area (Å²) in [5, 5.41) is 5.28. The summed E-state index contributed by atoms with van der Waals surface area (Å²) in [4.78, 5) is 18.1. The van der Waals surface area contributed by atoms with Gasteiger partial charge in [-0.1, -0.05) is 12.5 Å². The molecule has 1 amide bonds. The Morgan fingerprint density at radius 3 is 2.84 bits per heavy atom. The molecule has 2 atom stereocenters. The number of oxazole rings is 1. The molecule has 134 valence electrons. The number of nitrogens with zero attached hydrogens (tertiary/aromatic N) is 1. The maximum atomic E-state index is 12.6. The summed E-state index contributed by atoms with van der Waals surface area (Å²) < 4.78 is 5.74. The number of nitrogens with two attached hydrogens (primary N) is 1. The minimum absolute atomic E-state index is 0.0477. The molecule has 2 unspecified atom stereocenters. The van der Waals surface area contributed by atoms with E-state index in [1.807, 2.05) is 24.4 Å². The molecule has 0 aromatic carbocycles. The fourth-order valence-electron chi connectivity index (χ4n) is 4.51. The Balaban J connectivity index is 1.43. The van der Waals surface area contributed by atoms with Crippen LogP contribution in [0.25, 0.3) is 10.8 Å². The highest BCUT2D eigenvalue weighted by Gasteiger charge is 2.39. The Kier molecular flexibility index (Phi) is 4.65. The van der Waals surface area contributed by atoms with Crippen molar-refractivity contribution in [2.75, 3.05) is 0 Å². The number of nitrogens with one attached hydrogen (secondary N) is 1. The van der Waals surface area contributed by atoms with Crippen molar-refractivity contribution in [2.45, 2.75) is 57.5 Å². The number of aromatic nitrogens is 1. The van der Waals surface area contributed by atoms with Gasteiger partial charge in [-0.25, -0.2) is 4.98 Å². The van der Waals surface area contributed by atoms with Crippen LogP contribution in [0, 0.1) is 18.8 Å². The lowest BCUT2D eigenvalue weighted by Gasteiger charge is -2.45. The average Bonchev–Trinajstić information content (AvgIpc) is 3.19. The van der Waals surface area contributed by atoms with Crippen molar-refractivity contribution in [1.29, 1.82) is 0 Å². The normalized spacial score (nSPS) is 28.7. The minimum Gasteiger partial charge on any atom is -0.440 e. The van der Waals surface area contributed by atoms with Crippen molar-refractivity contribution in [3.8, 4) is 10.8 Å². The summed E-state index contributed by atoms with van der Waals surface area (Å²) >= 11 is 1.59. The van der Waals surface area contributed by atoms with E-state index in [2.05, 4.69) is 10.3 Å². The molecule has 2 fully saturated rings. The van der Waals surface area contributed by atoms with E-state index in [9.17, 15) is 4.79 Å². The van der Waals surface area contributed by atoms with Crippen LogP contribution in [-0.4, -0.2) is 23.0 Å². The van der Waals surface area contributed by atoms with Gasteiger partial charge in [0.25, 0.3) is 0 Å². The van der Waals surface area contributed by atoms with Gasteiger partial charge < -0.3 is 15.5 Å². The molecular formula is C19H25N3O2S. The summed E-state index contributed by atoms with van der Waals surface area (Å²) in [6.07, 6.45) is 5.98. The fraction of sp³-hybridized carbons (Fsp3) is 0.579. The molecule has 2 heterocycles. The summed E-state index contributed by atoms with van der Waals surface area (Å²) in [6.45, 7) is 1.88. The molecule has 0 radical (unpaired) electrons. The first-order chi connectivity index (χ1) is 12.1. The summed E-state index contributed by atoms with van der Waals surface area (Å²) in [7, 11) is 0. The zero-order valence-corrected chi connectivity index (χ0v) is 15.3. The van der Waals surface area contributed by atoms with Gasteiger partial charge in [0.15, 0.2) is 0 Å². The SMILES string of the molecule is Cc1oc(-c2cccs2)nc1CC(=O)NC1C2CCCC1CC(N)C2. The van der Waals surface area contributed by atoms with Crippen molar-refractivity contribution in [3.05, 3.63) is 29.0 Å². The molecule has 0 saturated heterocycles. The molecule has 2 aliphatic rings. The highest BCUT2D eigenvalue weighted by Crippen LogP contribution is 2.39. The van der Waals surface area contributed by atoms with Gasteiger partial charge in [-0.3, -0.25) is 4.79 Å². The van der Waals surface area contributed by atoms with E-state index in [0.29, 0.717) is 23.8 Å². The molecule has 2 aliphatic carbocycles. The molecular weight excluding hydrogens is 334 g/mol. The first-order valence-electron chi connectivity index (χ1n) is 9.15. The number of amides is 1. The van der Waals surface area contributed by atoms with Crippen molar-refractivity contribution in [2.24, 2.45) is 17.6 Å². The van der Waals surface area contributed by atoms with E-state index in [1.54, 1.807) is 11.3 Å². The molecule has 2 aromatic rings. The third-order valence-electron chi connectivity index (χ3n) is 5.66. The Bertz CT molecular complexity index is 726. The predicted octanol–water partition coefficient (Wildman–Crippen LogP) is 3.28. The first-order valence-corrected chi connectivity index (χ1v) is 10.0. The highest BCUT2D eigenvalue weighted by atomic mass is 32.1. The molecule has 25 heavy (non-hydrogen) atoms. The van der Waals surface area contributed by atoms with Crippen LogP contribution < -0.4 is 11.1 Å². The second kappa shape index (κ2) is 6.92. The molecule has 3 N–H and O–H groups in total. The number of hydrogen-bond acceptors (Lipinski definition) is 5. The van der Waals surface area contributed by atoms with Crippen molar-refractivity contribution in [1.82, 2.24) is 10.3 Å². The van der Waals surface area contributed by atoms with Crippen LogP contribution in [-0.2, 0) is 11.2 Å². The van der Waals surface area contributed by atoms with Crippen LogP contribution in [0.15, 0.2) is 21.9 Å². The van der Waals surface area contributed by atoms with Crippen LogP contribution in [0.1, 0.15) is 43.6 Å². The second-order valence-electron chi connectivity index (χ2n) is 7.45. The second-order valence-corrected chi connectivity index (χ2v) is 8.40. The van der Waals surface area contributed by atoms with Gasteiger partial charge in [0.05, 0.1) is 17.0 Å². The van der Waals surface area contributed by atoms with Crippen LogP contribution in [0.4, 0.5) is 0 Å². The average molecular weight is 359 g/mol. The third-order valence-corrected chi connectivity index (χ3v) is 6.51. The highest BCUT2D eigenvalue weighted by molar-refractivity contribution is 7.13. The Labute approximate surface area is 152 Å². The van der Waals surface area contributed by atoms with Gasteiger partial charge in [0, 0.05) is 12.1 Å². The van der Waals surface area contributed by atoms with Gasteiger partial charge in [-0.2, -0.15) is 0 Å². The molecule has 2 bridgehead atoms. The van der Waals surface area contributed by atoms with Gasteiger partial charge in [0.2, 0.25) is 11.8 Å². The molecule has 2 saturated carbocycles. The number of hydrogen-bond donors (Lipinski definition) is 2. The Morgan fingerprint density at radius 1 is 1.40 bits per heavy atom. The minimum atomic E-state index is 0.0477. The lowest BCUT2D eigenvalue weighted by atomic mass is 9.67. The van der Waals surface area contributed by atoms with Crippen LogP contribution >= 0.6 is 11.3 Å². The summed E-state index contributed by atoms with van der Waals surface area (Å²) in [6, 6.07) is 4.53. The molecule has 0 spiro atoms. The number of carbonyl (C=O) groups excluding carboxylic acids is 1. The number of carbonyl (C=O) groups is 1. The molecule has 0 aliphatic heterocycles. The number of thiophene rings is 1. The van der Waals surface area contributed by atoms with Crippen LogP contribution in [0.5, 0.6) is 0 Å². The zero-order valence-electron chi connectivity index (χ0n) is 14.5. The predicted molar refractivity (Wildman–Crippen MR) is 98.2 cm³/mol. The van der Waals surface area contributed by atoms with E-state index in [4.69, 9.17) is 10.2 Å². The van der Waals surface area contributed by atoms with Crippen molar-refractivity contribution < 1.29 is 9.21 Å². The molecule has 6 heteroatoms. The number of rotatable bonds is 4. The van der Waals surface area contributed by atoms with Crippen LogP contribution in [0.2, 0.25) is 0 Å². The number of aryl methyl sites for hydroxylation is 1. The van der Waals surface area contributed by atoms with E-state index in [1.165, 1.54) is 19.3 Å². The van der Waals surface area contributed by atoms with Crippen molar-refractivity contribution in [3.63, 3.8) is 0 Å². The maximum Gasteiger partial charge on any atom is 0.236 e. The third kappa shape index (κ3) is 3.51. The monoisotopic (exact) mass is 359 g/mol.